The van der Waals surface area contributed by atoms with Gasteiger partial charge in [0.05, 0.1) is 0 Å². The van der Waals surface area contributed by atoms with Gasteiger partial charge in [-0.1, -0.05) is 35.9 Å². The maximum absolute atomic E-state index is 11.9. The number of amides is 1. The fourth-order valence-corrected chi connectivity index (χ4v) is 1.74. The lowest BCUT2D eigenvalue weighted by Gasteiger charge is -2.11. The monoisotopic (exact) mass is 285 g/mol. The number of carbonyl (C=O) groups is 1. The number of hydrogen-bond donors (Lipinski definition) is 3. The average Bonchev–Trinajstić information content (AvgIpc) is 2.46. The molecular formula is C15H15N3OS. The largest absolute Gasteiger partial charge is 0.331 e. The third-order valence-corrected chi connectivity index (χ3v) is 2.84. The van der Waals surface area contributed by atoms with Crippen molar-refractivity contribution in [3.63, 3.8) is 0 Å². The first-order valence-electron chi connectivity index (χ1n) is 6.14. The van der Waals surface area contributed by atoms with E-state index in [1.165, 1.54) is 0 Å². The number of para-hydroxylation sites is 1. The van der Waals surface area contributed by atoms with Crippen molar-refractivity contribution in [3.05, 3.63) is 65.7 Å². The molecular weight excluding hydrogens is 270 g/mol. The van der Waals surface area contributed by atoms with Crippen LogP contribution in [-0.2, 0) is 0 Å². The molecule has 0 saturated heterocycles. The minimum absolute atomic E-state index is 0.234. The third-order valence-electron chi connectivity index (χ3n) is 2.63. The number of thiocarbonyl (C=S) groups is 1. The van der Waals surface area contributed by atoms with Crippen molar-refractivity contribution in [3.8, 4) is 0 Å². The van der Waals surface area contributed by atoms with Crippen molar-refractivity contribution in [1.29, 1.82) is 0 Å². The van der Waals surface area contributed by atoms with Crippen molar-refractivity contribution in [1.82, 2.24) is 10.9 Å². The Balaban J connectivity index is 1.84. The van der Waals surface area contributed by atoms with Crippen molar-refractivity contribution < 1.29 is 4.79 Å². The number of hydrogen-bond acceptors (Lipinski definition) is 2. The highest BCUT2D eigenvalue weighted by atomic mass is 32.1. The highest BCUT2D eigenvalue weighted by Gasteiger charge is 2.05. The maximum Gasteiger partial charge on any atom is 0.269 e. The van der Waals surface area contributed by atoms with Crippen molar-refractivity contribution >= 4 is 28.9 Å². The van der Waals surface area contributed by atoms with E-state index in [9.17, 15) is 4.79 Å². The van der Waals surface area contributed by atoms with Gasteiger partial charge in [0.1, 0.15) is 0 Å². The van der Waals surface area contributed by atoms with Gasteiger partial charge in [-0.15, -0.1) is 0 Å². The van der Waals surface area contributed by atoms with Crippen LogP contribution in [0.15, 0.2) is 54.6 Å². The fourth-order valence-electron chi connectivity index (χ4n) is 1.57. The van der Waals surface area contributed by atoms with Crippen LogP contribution in [0.2, 0.25) is 0 Å². The summed E-state index contributed by atoms with van der Waals surface area (Å²) in [5.74, 6) is -0.234. The predicted molar refractivity (Wildman–Crippen MR) is 84.4 cm³/mol. The summed E-state index contributed by atoms with van der Waals surface area (Å²) in [4.78, 5) is 11.9. The van der Waals surface area contributed by atoms with Crippen LogP contribution in [0.4, 0.5) is 5.69 Å². The summed E-state index contributed by atoms with van der Waals surface area (Å²) in [6, 6.07) is 16.8. The normalized spacial score (nSPS) is 9.65. The zero-order valence-electron chi connectivity index (χ0n) is 11.0. The molecule has 0 spiro atoms. The molecule has 3 N–H and O–H groups in total. The maximum atomic E-state index is 11.9. The molecule has 2 aromatic rings. The van der Waals surface area contributed by atoms with E-state index in [1.54, 1.807) is 12.1 Å². The molecule has 1 amide bonds. The first-order valence-corrected chi connectivity index (χ1v) is 6.55. The minimum Gasteiger partial charge on any atom is -0.331 e. The van der Waals surface area contributed by atoms with E-state index < -0.39 is 0 Å². The van der Waals surface area contributed by atoms with E-state index >= 15 is 0 Å². The Hall–Kier alpha value is -2.40. The zero-order valence-corrected chi connectivity index (χ0v) is 11.8. The lowest BCUT2D eigenvalue weighted by molar-refractivity contribution is 0.0944. The molecule has 0 aliphatic carbocycles. The van der Waals surface area contributed by atoms with Gasteiger partial charge in [-0.2, -0.15) is 0 Å². The number of carbonyl (C=O) groups excluding carboxylic acids is 1. The number of aryl methyl sites for hydroxylation is 1. The summed E-state index contributed by atoms with van der Waals surface area (Å²) in [5.41, 5.74) is 7.75. The number of rotatable bonds is 2. The zero-order chi connectivity index (χ0) is 14.4. The number of benzene rings is 2. The molecule has 2 rings (SSSR count). The van der Waals surface area contributed by atoms with Crippen LogP contribution in [0.5, 0.6) is 0 Å². The summed E-state index contributed by atoms with van der Waals surface area (Å²) < 4.78 is 0. The first-order chi connectivity index (χ1) is 9.65. The second kappa shape index (κ2) is 6.68. The van der Waals surface area contributed by atoms with Crippen molar-refractivity contribution in [2.24, 2.45) is 0 Å². The fraction of sp³-hybridized carbons (Fsp3) is 0.0667. The topological polar surface area (TPSA) is 53.2 Å². The highest BCUT2D eigenvalue weighted by molar-refractivity contribution is 7.80. The van der Waals surface area contributed by atoms with Crippen molar-refractivity contribution in [2.45, 2.75) is 6.92 Å². The Morgan fingerprint density at radius 3 is 2.25 bits per heavy atom. The van der Waals surface area contributed by atoms with E-state index in [-0.39, 0.29) is 5.91 Å². The van der Waals surface area contributed by atoms with Gasteiger partial charge in [-0.25, -0.2) is 0 Å². The van der Waals surface area contributed by atoms with E-state index in [0.717, 1.165) is 11.3 Å². The average molecular weight is 285 g/mol. The molecule has 0 heterocycles. The van der Waals surface area contributed by atoms with Gasteiger partial charge in [-0.05, 0) is 43.4 Å². The summed E-state index contributed by atoms with van der Waals surface area (Å²) in [6.45, 7) is 1.97. The molecule has 0 fully saturated rings. The quantitative estimate of drug-likeness (QED) is 0.586. The molecule has 5 heteroatoms. The van der Waals surface area contributed by atoms with E-state index in [4.69, 9.17) is 12.2 Å². The minimum atomic E-state index is -0.234. The van der Waals surface area contributed by atoms with Crippen molar-refractivity contribution in [2.75, 3.05) is 5.32 Å². The molecule has 0 aliphatic rings. The smallest absolute Gasteiger partial charge is 0.269 e. The Morgan fingerprint density at radius 2 is 1.60 bits per heavy atom. The molecule has 102 valence electrons. The lowest BCUT2D eigenvalue weighted by atomic mass is 10.1. The SMILES string of the molecule is Cc1ccc(C(=O)NNC(=S)Nc2ccccc2)cc1. The second-order valence-electron chi connectivity index (χ2n) is 4.27. The first kappa shape index (κ1) is 14.0. The van der Waals surface area contributed by atoms with Crippen LogP contribution < -0.4 is 16.2 Å². The highest BCUT2D eigenvalue weighted by Crippen LogP contribution is 2.04. The summed E-state index contributed by atoms with van der Waals surface area (Å²) >= 11 is 5.09. The van der Waals surface area contributed by atoms with Crippen LogP contribution in [0.1, 0.15) is 15.9 Å². The van der Waals surface area contributed by atoms with Gasteiger partial charge < -0.3 is 5.32 Å². The molecule has 0 atom stereocenters. The standard InChI is InChI=1S/C15H15N3OS/c1-11-7-9-12(10-8-11)14(19)17-18-15(20)16-13-5-3-2-4-6-13/h2-10H,1H3,(H,17,19)(H2,16,18,20). The molecule has 0 radical (unpaired) electrons. The van der Waals surface area contributed by atoms with E-state index in [0.29, 0.717) is 10.7 Å². The molecule has 0 aliphatic heterocycles. The van der Waals surface area contributed by atoms with Crippen LogP contribution in [-0.4, -0.2) is 11.0 Å². The Morgan fingerprint density at radius 1 is 0.950 bits per heavy atom. The molecule has 0 bridgehead atoms. The number of anilines is 1. The summed E-state index contributed by atoms with van der Waals surface area (Å²) in [5, 5.41) is 3.29. The molecule has 4 nitrogen and oxygen atoms in total. The number of hydrazine groups is 1. The third kappa shape index (κ3) is 4.07. The molecule has 2 aromatic carbocycles. The van der Waals surface area contributed by atoms with Crippen LogP contribution in [0.25, 0.3) is 0 Å². The second-order valence-corrected chi connectivity index (χ2v) is 4.67. The van der Waals surface area contributed by atoms with Crippen LogP contribution in [0.3, 0.4) is 0 Å². The molecule has 0 saturated carbocycles. The lowest BCUT2D eigenvalue weighted by Crippen LogP contribution is -2.43. The van der Waals surface area contributed by atoms with Crippen LogP contribution >= 0.6 is 12.2 Å². The predicted octanol–water partition coefficient (Wildman–Crippen LogP) is 2.63. The van der Waals surface area contributed by atoms with Crippen LogP contribution in [0, 0.1) is 6.92 Å². The van der Waals surface area contributed by atoms with E-state index in [1.807, 2.05) is 49.4 Å². The Kier molecular flexibility index (Phi) is 4.68. The van der Waals surface area contributed by atoms with E-state index in [2.05, 4.69) is 16.2 Å². The molecule has 0 unspecified atom stereocenters. The molecule has 0 aromatic heterocycles. The summed E-state index contributed by atoms with van der Waals surface area (Å²) in [6.07, 6.45) is 0. The van der Waals surface area contributed by atoms with Gasteiger partial charge in [-0.3, -0.25) is 15.6 Å². The Labute approximate surface area is 123 Å². The van der Waals surface area contributed by atoms with Gasteiger partial charge in [0.2, 0.25) is 0 Å². The summed E-state index contributed by atoms with van der Waals surface area (Å²) in [7, 11) is 0. The molecule has 20 heavy (non-hydrogen) atoms. The van der Waals surface area contributed by atoms with Gasteiger partial charge in [0.15, 0.2) is 5.11 Å². The number of nitrogens with one attached hydrogen (secondary N) is 3. The Bertz CT molecular complexity index is 596. The van der Waals surface area contributed by atoms with Gasteiger partial charge >= 0.3 is 0 Å². The van der Waals surface area contributed by atoms with Gasteiger partial charge in [0.25, 0.3) is 5.91 Å². The van der Waals surface area contributed by atoms with Gasteiger partial charge in [0, 0.05) is 11.3 Å².